The van der Waals surface area contributed by atoms with Crippen molar-refractivity contribution in [1.29, 1.82) is 0 Å². The van der Waals surface area contributed by atoms with Gasteiger partial charge in [-0.15, -0.1) is 0 Å². The molecule has 4 aromatic rings. The van der Waals surface area contributed by atoms with Crippen LogP contribution in [0.25, 0.3) is 33.2 Å². The quantitative estimate of drug-likeness (QED) is 0.397. The Hall–Kier alpha value is -3.20. The number of benzene rings is 1. The van der Waals surface area contributed by atoms with Crippen LogP contribution in [0.1, 0.15) is 6.42 Å². The highest BCUT2D eigenvalue weighted by Crippen LogP contribution is 2.31. The summed E-state index contributed by atoms with van der Waals surface area (Å²) in [7, 11) is -1.51. The summed E-state index contributed by atoms with van der Waals surface area (Å²) in [6.07, 6.45) is 7.50. The van der Waals surface area contributed by atoms with E-state index in [1.165, 1.54) is 0 Å². The van der Waals surface area contributed by atoms with Crippen molar-refractivity contribution >= 4 is 27.7 Å². The third-order valence-corrected chi connectivity index (χ3v) is 5.91. The smallest absolute Gasteiger partial charge is 0.141 e. The molecular formula is C22H21N5O2S. The van der Waals surface area contributed by atoms with Gasteiger partial charge in [0.15, 0.2) is 0 Å². The molecule has 30 heavy (non-hydrogen) atoms. The van der Waals surface area contributed by atoms with Crippen molar-refractivity contribution in [3.05, 3.63) is 67.3 Å². The maximum Gasteiger partial charge on any atom is 0.141 e. The lowest BCUT2D eigenvalue weighted by Crippen LogP contribution is -2.20. The Balaban J connectivity index is 1.75. The molecule has 152 valence electrons. The Bertz CT molecular complexity index is 1200. The molecule has 3 heterocycles. The van der Waals surface area contributed by atoms with Gasteiger partial charge in [0.1, 0.15) is 16.8 Å². The first-order valence-electron chi connectivity index (χ1n) is 9.48. The largest absolute Gasteiger partial charge is 0.396 e. The van der Waals surface area contributed by atoms with Gasteiger partial charge in [-0.2, -0.15) is 0 Å². The molecule has 4 N–H and O–H groups in total. The number of pyridine rings is 3. The Labute approximate surface area is 176 Å². The molecule has 8 heteroatoms. The molecule has 0 aliphatic heterocycles. The number of hydrogen-bond acceptors (Lipinski definition) is 6. The Morgan fingerprint density at radius 2 is 1.80 bits per heavy atom. The zero-order chi connectivity index (χ0) is 20.9. The lowest BCUT2D eigenvalue weighted by atomic mass is 9.98. The first-order chi connectivity index (χ1) is 14.7. The third-order valence-electron chi connectivity index (χ3n) is 4.72. The van der Waals surface area contributed by atoms with Crippen LogP contribution in [-0.2, 0) is 11.0 Å². The van der Waals surface area contributed by atoms with Gasteiger partial charge in [-0.25, -0.2) is 13.9 Å². The number of fused-ring (bicyclic) bond motifs is 1. The molecule has 0 bridgehead atoms. The van der Waals surface area contributed by atoms with Crippen molar-refractivity contribution in [3.63, 3.8) is 0 Å². The summed E-state index contributed by atoms with van der Waals surface area (Å²) in [5.41, 5.74) is 10.7. The van der Waals surface area contributed by atoms with Crippen LogP contribution < -0.4 is 10.5 Å². The highest BCUT2D eigenvalue weighted by molar-refractivity contribution is 7.83. The molecule has 1 aromatic carbocycles. The average Bonchev–Trinajstić information content (AvgIpc) is 2.79. The summed E-state index contributed by atoms with van der Waals surface area (Å²) in [5, 5.41) is 9.91. The van der Waals surface area contributed by atoms with E-state index >= 15 is 0 Å². The van der Waals surface area contributed by atoms with Crippen molar-refractivity contribution in [3.8, 4) is 22.3 Å². The van der Waals surface area contributed by atoms with E-state index in [0.717, 1.165) is 33.2 Å². The van der Waals surface area contributed by atoms with E-state index < -0.39 is 11.0 Å². The minimum absolute atomic E-state index is 0.0307. The zero-order valence-corrected chi connectivity index (χ0v) is 17.0. The molecule has 0 radical (unpaired) electrons. The number of anilines is 1. The summed E-state index contributed by atoms with van der Waals surface area (Å²) >= 11 is 0. The second-order valence-corrected chi connectivity index (χ2v) is 7.94. The van der Waals surface area contributed by atoms with E-state index in [2.05, 4.69) is 25.7 Å². The maximum atomic E-state index is 12.6. The predicted molar refractivity (Wildman–Crippen MR) is 119 cm³/mol. The van der Waals surface area contributed by atoms with Gasteiger partial charge in [-0.05, 0) is 59.5 Å². The van der Waals surface area contributed by atoms with Crippen molar-refractivity contribution in [2.24, 2.45) is 0 Å². The van der Waals surface area contributed by atoms with Gasteiger partial charge in [0.2, 0.25) is 0 Å². The van der Waals surface area contributed by atoms with Crippen LogP contribution in [0.4, 0.5) is 5.82 Å². The van der Waals surface area contributed by atoms with Crippen molar-refractivity contribution in [2.45, 2.75) is 11.3 Å². The van der Waals surface area contributed by atoms with Crippen molar-refractivity contribution in [1.82, 2.24) is 19.7 Å². The molecule has 0 spiro atoms. The van der Waals surface area contributed by atoms with Gasteiger partial charge in [0.25, 0.3) is 0 Å². The number of aliphatic hydroxyl groups is 1. The second kappa shape index (κ2) is 9.08. The number of nitrogens with one attached hydrogen (secondary N) is 1. The standard InChI is InChI=1S/C22H21N5O2S/c23-22-21(30(29)27-7-1-11-28)13-17(14-26-22)16-2-3-20-19(12-16)18(6-10-25-20)15-4-8-24-9-5-15/h2-6,8-10,12-14,27-28H,1,7,11H2,(H2,23,26). The van der Waals surface area contributed by atoms with Crippen molar-refractivity contribution in [2.75, 3.05) is 18.9 Å². The van der Waals surface area contributed by atoms with Crippen LogP contribution in [0.15, 0.2) is 72.1 Å². The fourth-order valence-corrected chi connectivity index (χ4v) is 4.15. The summed E-state index contributed by atoms with van der Waals surface area (Å²) < 4.78 is 15.4. The Morgan fingerprint density at radius 1 is 0.967 bits per heavy atom. The molecule has 3 aromatic heterocycles. The van der Waals surface area contributed by atoms with E-state index in [4.69, 9.17) is 10.8 Å². The van der Waals surface area contributed by atoms with Crippen LogP contribution in [0, 0.1) is 0 Å². The van der Waals surface area contributed by atoms with Crippen LogP contribution >= 0.6 is 0 Å². The van der Waals surface area contributed by atoms with E-state index in [1.807, 2.05) is 30.3 Å². The fraction of sp³-hybridized carbons (Fsp3) is 0.136. The fourth-order valence-electron chi connectivity index (χ4n) is 3.19. The highest BCUT2D eigenvalue weighted by Gasteiger charge is 2.12. The van der Waals surface area contributed by atoms with Gasteiger partial charge >= 0.3 is 0 Å². The van der Waals surface area contributed by atoms with E-state index in [1.54, 1.807) is 30.9 Å². The number of aromatic nitrogens is 3. The molecule has 7 nitrogen and oxygen atoms in total. The van der Waals surface area contributed by atoms with Gasteiger partial charge in [-0.3, -0.25) is 9.97 Å². The Kier molecular flexibility index (Phi) is 6.08. The van der Waals surface area contributed by atoms with Crippen LogP contribution in [0.3, 0.4) is 0 Å². The van der Waals surface area contributed by atoms with E-state index in [-0.39, 0.29) is 12.4 Å². The van der Waals surface area contributed by atoms with Gasteiger partial charge in [0, 0.05) is 48.9 Å². The summed E-state index contributed by atoms with van der Waals surface area (Å²) in [6.45, 7) is 0.451. The minimum atomic E-state index is -1.51. The molecule has 0 saturated carbocycles. The van der Waals surface area contributed by atoms with Gasteiger partial charge in [-0.1, -0.05) is 6.07 Å². The average molecular weight is 420 g/mol. The monoisotopic (exact) mass is 419 g/mol. The molecule has 1 atom stereocenters. The molecule has 0 aliphatic rings. The molecule has 1 unspecified atom stereocenters. The van der Waals surface area contributed by atoms with E-state index in [0.29, 0.717) is 17.9 Å². The van der Waals surface area contributed by atoms with Crippen LogP contribution in [-0.4, -0.2) is 37.4 Å². The molecular weight excluding hydrogens is 398 g/mol. The molecule has 0 aliphatic carbocycles. The first kappa shape index (κ1) is 20.1. The van der Waals surface area contributed by atoms with Gasteiger partial charge in [0.05, 0.1) is 10.4 Å². The first-order valence-corrected chi connectivity index (χ1v) is 10.6. The zero-order valence-electron chi connectivity index (χ0n) is 16.2. The lowest BCUT2D eigenvalue weighted by molar-refractivity contribution is 0.289. The number of hydrogen-bond donors (Lipinski definition) is 3. The predicted octanol–water partition coefficient (Wildman–Crippen LogP) is 2.94. The third kappa shape index (κ3) is 4.20. The summed E-state index contributed by atoms with van der Waals surface area (Å²) in [6, 6.07) is 13.7. The second-order valence-electron chi connectivity index (χ2n) is 6.67. The maximum absolute atomic E-state index is 12.6. The molecule has 0 fully saturated rings. The normalized spacial score (nSPS) is 12.2. The molecule has 4 rings (SSSR count). The number of aliphatic hydroxyl groups excluding tert-OH is 1. The SMILES string of the molecule is Nc1ncc(-c2ccc3nccc(-c4ccncc4)c3c2)cc1S(=O)NCCCO. The number of nitrogens with zero attached hydrogens (tertiary/aromatic N) is 3. The molecule has 0 amide bonds. The van der Waals surface area contributed by atoms with E-state index in [9.17, 15) is 4.21 Å². The minimum Gasteiger partial charge on any atom is -0.396 e. The van der Waals surface area contributed by atoms with Crippen molar-refractivity contribution < 1.29 is 9.32 Å². The summed E-state index contributed by atoms with van der Waals surface area (Å²) in [4.78, 5) is 13.2. The van der Waals surface area contributed by atoms with Crippen LogP contribution in [0.2, 0.25) is 0 Å². The summed E-state index contributed by atoms with van der Waals surface area (Å²) in [5.74, 6) is 0.216. The topological polar surface area (TPSA) is 114 Å². The number of nitrogen functional groups attached to an aromatic ring is 1. The highest BCUT2D eigenvalue weighted by atomic mass is 32.2. The van der Waals surface area contributed by atoms with Crippen LogP contribution in [0.5, 0.6) is 0 Å². The molecule has 0 saturated heterocycles. The Morgan fingerprint density at radius 3 is 2.60 bits per heavy atom. The van der Waals surface area contributed by atoms with Gasteiger partial charge < -0.3 is 10.8 Å². The number of nitrogens with two attached hydrogens (primary N) is 1. The lowest BCUT2D eigenvalue weighted by Gasteiger charge is -2.11. The number of rotatable bonds is 7.